The second kappa shape index (κ2) is 9.06. The van der Waals surface area contributed by atoms with E-state index in [1.807, 2.05) is 6.92 Å². The average molecular weight is 347 g/mol. The monoisotopic (exact) mass is 346 g/mol. The molecule has 0 saturated carbocycles. The Balaban J connectivity index is 1.73. The van der Waals surface area contributed by atoms with Crippen LogP contribution in [-0.2, 0) is 10.3 Å². The number of hydrogen-bond acceptors (Lipinski definition) is 1. The number of unbranched alkanes of at least 4 members (excludes halogenated alkanes) is 6. The third-order valence-electron chi connectivity index (χ3n) is 5.27. The normalized spacial score (nSPS) is 13.6. The van der Waals surface area contributed by atoms with Crippen molar-refractivity contribution in [3.8, 4) is 23.0 Å². The highest BCUT2D eigenvalue weighted by atomic mass is 16.5. The van der Waals surface area contributed by atoms with Crippen molar-refractivity contribution in [3.05, 3.63) is 59.7 Å². The van der Waals surface area contributed by atoms with Gasteiger partial charge in [0.05, 0.1) is 0 Å². The molecule has 1 aliphatic rings. The van der Waals surface area contributed by atoms with Gasteiger partial charge in [-0.1, -0.05) is 99.9 Å². The SMILES string of the molecule is CC#CC1(OCCCCCCCCC)c2ccccc2-c2ccccc21. The molecule has 0 bridgehead atoms. The zero-order valence-corrected chi connectivity index (χ0v) is 16.2. The molecule has 1 aliphatic carbocycles. The van der Waals surface area contributed by atoms with Crippen molar-refractivity contribution in [2.45, 2.75) is 64.4 Å². The highest BCUT2D eigenvalue weighted by Crippen LogP contribution is 2.49. The molecular weight excluding hydrogens is 316 g/mol. The van der Waals surface area contributed by atoms with Crippen LogP contribution in [0.15, 0.2) is 48.5 Å². The average Bonchev–Trinajstić information content (AvgIpc) is 2.95. The van der Waals surface area contributed by atoms with Gasteiger partial charge in [0, 0.05) is 17.7 Å². The minimum absolute atomic E-state index is 0.607. The lowest BCUT2D eigenvalue weighted by Gasteiger charge is -2.27. The summed E-state index contributed by atoms with van der Waals surface area (Å²) < 4.78 is 6.54. The molecule has 0 aromatic heterocycles. The lowest BCUT2D eigenvalue weighted by atomic mass is 9.91. The largest absolute Gasteiger partial charge is 0.354 e. The first kappa shape index (κ1) is 18.7. The van der Waals surface area contributed by atoms with Crippen LogP contribution in [0.2, 0.25) is 0 Å². The topological polar surface area (TPSA) is 9.23 Å². The minimum atomic E-state index is -0.607. The summed E-state index contributed by atoms with van der Waals surface area (Å²) in [5.74, 6) is 6.55. The smallest absolute Gasteiger partial charge is 0.180 e. The molecule has 0 saturated heterocycles. The van der Waals surface area contributed by atoms with Crippen molar-refractivity contribution in [1.82, 2.24) is 0 Å². The van der Waals surface area contributed by atoms with E-state index in [0.29, 0.717) is 0 Å². The van der Waals surface area contributed by atoms with Crippen LogP contribution in [0.3, 0.4) is 0 Å². The zero-order valence-electron chi connectivity index (χ0n) is 16.2. The Morgan fingerprint density at radius 3 is 1.88 bits per heavy atom. The van der Waals surface area contributed by atoms with E-state index in [4.69, 9.17) is 4.74 Å². The van der Waals surface area contributed by atoms with Crippen LogP contribution in [0.5, 0.6) is 0 Å². The molecule has 3 rings (SSSR count). The van der Waals surface area contributed by atoms with Gasteiger partial charge in [0.2, 0.25) is 0 Å². The fourth-order valence-corrected chi connectivity index (χ4v) is 3.98. The standard InChI is InChI=1S/C25H30O/c1-3-5-6-7-8-9-14-20-26-25(19-4-2)23-17-12-10-15-21(23)22-16-11-13-18-24(22)25/h10-13,15-18H,3,5-9,14,20H2,1-2H3. The summed E-state index contributed by atoms with van der Waals surface area (Å²) in [6.45, 7) is 4.92. The molecule has 2 aromatic carbocycles. The second-order valence-corrected chi connectivity index (χ2v) is 7.12. The Morgan fingerprint density at radius 2 is 1.31 bits per heavy atom. The fourth-order valence-electron chi connectivity index (χ4n) is 3.98. The summed E-state index contributed by atoms with van der Waals surface area (Å²) in [7, 11) is 0. The third kappa shape index (κ3) is 3.71. The number of fused-ring (bicyclic) bond motifs is 3. The number of rotatable bonds is 9. The van der Waals surface area contributed by atoms with Crippen LogP contribution in [-0.4, -0.2) is 6.61 Å². The number of ether oxygens (including phenoxy) is 1. The Kier molecular flexibility index (Phi) is 6.53. The van der Waals surface area contributed by atoms with Gasteiger partial charge in [0.15, 0.2) is 5.60 Å². The highest BCUT2D eigenvalue weighted by Gasteiger charge is 2.42. The molecule has 0 unspecified atom stereocenters. The van der Waals surface area contributed by atoms with Crippen molar-refractivity contribution in [1.29, 1.82) is 0 Å². The lowest BCUT2D eigenvalue weighted by Crippen LogP contribution is -2.27. The zero-order chi connectivity index (χ0) is 18.2. The predicted molar refractivity (Wildman–Crippen MR) is 110 cm³/mol. The van der Waals surface area contributed by atoms with Gasteiger partial charge in [-0.2, -0.15) is 0 Å². The minimum Gasteiger partial charge on any atom is -0.354 e. The van der Waals surface area contributed by atoms with E-state index in [2.05, 4.69) is 67.3 Å². The molecular formula is C25H30O. The molecule has 0 aliphatic heterocycles. The van der Waals surface area contributed by atoms with Crippen LogP contribution in [0.4, 0.5) is 0 Å². The molecule has 0 amide bonds. The summed E-state index contributed by atoms with van der Waals surface area (Å²) in [4.78, 5) is 0. The second-order valence-electron chi connectivity index (χ2n) is 7.12. The molecule has 136 valence electrons. The van der Waals surface area contributed by atoms with E-state index >= 15 is 0 Å². The maximum Gasteiger partial charge on any atom is 0.180 e. The van der Waals surface area contributed by atoms with Gasteiger partial charge in [-0.3, -0.25) is 0 Å². The maximum absolute atomic E-state index is 6.54. The van der Waals surface area contributed by atoms with Crippen LogP contribution in [0.1, 0.15) is 69.9 Å². The quantitative estimate of drug-likeness (QED) is 0.362. The van der Waals surface area contributed by atoms with Crippen molar-refractivity contribution in [2.75, 3.05) is 6.61 Å². The van der Waals surface area contributed by atoms with Crippen LogP contribution >= 0.6 is 0 Å². The summed E-state index contributed by atoms with van der Waals surface area (Å²) >= 11 is 0. The molecule has 1 heteroatoms. The Labute approximate surface area is 158 Å². The molecule has 1 nitrogen and oxygen atoms in total. The summed E-state index contributed by atoms with van der Waals surface area (Å²) in [6, 6.07) is 17.1. The third-order valence-corrected chi connectivity index (χ3v) is 5.27. The van der Waals surface area contributed by atoms with E-state index < -0.39 is 5.60 Å². The van der Waals surface area contributed by atoms with Gasteiger partial charge in [-0.15, -0.1) is 5.92 Å². The summed E-state index contributed by atoms with van der Waals surface area (Å²) in [6.07, 6.45) is 9.03. The Morgan fingerprint density at radius 1 is 0.769 bits per heavy atom. The van der Waals surface area contributed by atoms with E-state index in [1.54, 1.807) is 0 Å². The fraction of sp³-hybridized carbons (Fsp3) is 0.440. The van der Waals surface area contributed by atoms with Gasteiger partial charge in [-0.25, -0.2) is 0 Å². The molecule has 0 N–H and O–H groups in total. The molecule has 0 spiro atoms. The van der Waals surface area contributed by atoms with E-state index in [9.17, 15) is 0 Å². The van der Waals surface area contributed by atoms with Crippen molar-refractivity contribution in [3.63, 3.8) is 0 Å². The lowest BCUT2D eigenvalue weighted by molar-refractivity contribution is 0.0271. The van der Waals surface area contributed by atoms with Gasteiger partial charge in [-0.05, 0) is 24.5 Å². The molecule has 26 heavy (non-hydrogen) atoms. The Bertz CT molecular complexity index is 732. The van der Waals surface area contributed by atoms with E-state index in [-0.39, 0.29) is 0 Å². The van der Waals surface area contributed by atoms with Gasteiger partial charge in [0.1, 0.15) is 0 Å². The number of benzene rings is 2. The van der Waals surface area contributed by atoms with Gasteiger partial charge >= 0.3 is 0 Å². The summed E-state index contributed by atoms with van der Waals surface area (Å²) in [5, 5.41) is 0. The van der Waals surface area contributed by atoms with Gasteiger partial charge in [0.25, 0.3) is 0 Å². The molecule has 2 aromatic rings. The summed E-state index contributed by atoms with van der Waals surface area (Å²) in [5.41, 5.74) is 4.29. The first-order valence-electron chi connectivity index (χ1n) is 10.1. The van der Waals surface area contributed by atoms with E-state index in [1.165, 1.54) is 60.8 Å². The molecule has 0 fully saturated rings. The number of hydrogen-bond donors (Lipinski definition) is 0. The first-order chi connectivity index (χ1) is 12.8. The maximum atomic E-state index is 6.54. The van der Waals surface area contributed by atoms with Crippen LogP contribution in [0, 0.1) is 11.8 Å². The van der Waals surface area contributed by atoms with Crippen LogP contribution in [0.25, 0.3) is 11.1 Å². The first-order valence-corrected chi connectivity index (χ1v) is 10.1. The Hall–Kier alpha value is -2.04. The van der Waals surface area contributed by atoms with Gasteiger partial charge < -0.3 is 4.74 Å². The molecule has 0 heterocycles. The van der Waals surface area contributed by atoms with Crippen molar-refractivity contribution in [2.24, 2.45) is 0 Å². The highest BCUT2D eigenvalue weighted by molar-refractivity contribution is 5.82. The molecule has 0 radical (unpaired) electrons. The molecule has 0 atom stereocenters. The predicted octanol–water partition coefficient (Wildman–Crippen LogP) is 6.70. The van der Waals surface area contributed by atoms with Crippen molar-refractivity contribution >= 4 is 0 Å². The van der Waals surface area contributed by atoms with E-state index in [0.717, 1.165) is 13.0 Å². The van der Waals surface area contributed by atoms with Crippen LogP contribution < -0.4 is 0 Å². The van der Waals surface area contributed by atoms with Crippen molar-refractivity contribution < 1.29 is 4.74 Å².